The lowest BCUT2D eigenvalue weighted by molar-refractivity contribution is -0.130. The van der Waals surface area contributed by atoms with E-state index in [2.05, 4.69) is 40.4 Å². The molecule has 0 radical (unpaired) electrons. The molecule has 5 nitrogen and oxygen atoms in total. The number of halogens is 1. The van der Waals surface area contributed by atoms with Crippen LogP contribution in [-0.4, -0.2) is 30.9 Å². The highest BCUT2D eigenvalue weighted by molar-refractivity contribution is 9.10. The van der Waals surface area contributed by atoms with E-state index >= 15 is 0 Å². The van der Waals surface area contributed by atoms with Crippen LogP contribution in [-0.2, 0) is 16.1 Å². The second-order valence-corrected chi connectivity index (χ2v) is 6.00. The molecule has 2 rings (SSSR count). The fourth-order valence-electron chi connectivity index (χ4n) is 2.05. The van der Waals surface area contributed by atoms with Gasteiger partial charge in [-0.3, -0.25) is 14.9 Å². The molecule has 0 spiro atoms. The van der Waals surface area contributed by atoms with Gasteiger partial charge in [0.2, 0.25) is 11.8 Å². The molecule has 6 heteroatoms. The normalized spacial score (nSPS) is 15.7. The minimum absolute atomic E-state index is 0.202. The number of piperazine rings is 1. The van der Waals surface area contributed by atoms with Crippen molar-refractivity contribution in [3.63, 3.8) is 0 Å². The molecule has 1 aliphatic heterocycles. The molecule has 0 saturated carbocycles. The molecule has 0 unspecified atom stereocenters. The number of anilines is 1. The molecule has 0 aliphatic carbocycles. The Morgan fingerprint density at radius 2 is 1.95 bits per heavy atom. The van der Waals surface area contributed by atoms with Crippen LogP contribution in [0.5, 0.6) is 0 Å². The Morgan fingerprint density at radius 3 is 2.50 bits per heavy atom. The monoisotopic (exact) mass is 339 g/mol. The fourth-order valence-corrected chi connectivity index (χ4v) is 2.72. The van der Waals surface area contributed by atoms with Gasteiger partial charge in [0.15, 0.2) is 0 Å². The topological polar surface area (TPSA) is 61.4 Å². The van der Waals surface area contributed by atoms with Crippen molar-refractivity contribution in [1.82, 2.24) is 10.6 Å². The van der Waals surface area contributed by atoms with Crippen molar-refractivity contribution < 1.29 is 9.59 Å². The number of hydrogen-bond acceptors (Lipinski definition) is 4. The molecule has 0 aromatic heterocycles. The Morgan fingerprint density at radius 1 is 1.30 bits per heavy atom. The van der Waals surface area contributed by atoms with Crippen LogP contribution < -0.4 is 15.5 Å². The van der Waals surface area contributed by atoms with Crippen LogP contribution in [0, 0.1) is 0 Å². The molecule has 0 bridgehead atoms. The van der Waals surface area contributed by atoms with Gasteiger partial charge in [-0.15, -0.1) is 0 Å². The number of nitrogens with zero attached hydrogens (tertiary/aromatic N) is 1. The Kier molecular flexibility index (Phi) is 4.77. The van der Waals surface area contributed by atoms with Crippen LogP contribution >= 0.6 is 15.9 Å². The van der Waals surface area contributed by atoms with Gasteiger partial charge in [0.05, 0.1) is 18.8 Å². The number of benzene rings is 1. The van der Waals surface area contributed by atoms with Crippen molar-refractivity contribution in [2.24, 2.45) is 0 Å². The average molecular weight is 340 g/mol. The number of carbonyl (C=O) groups is 2. The zero-order chi connectivity index (χ0) is 14.7. The first kappa shape index (κ1) is 15.0. The van der Waals surface area contributed by atoms with E-state index in [-0.39, 0.29) is 24.9 Å². The van der Waals surface area contributed by atoms with Crippen molar-refractivity contribution >= 4 is 33.4 Å². The van der Waals surface area contributed by atoms with Crippen LogP contribution in [0.1, 0.15) is 19.4 Å². The van der Waals surface area contributed by atoms with Gasteiger partial charge in [-0.2, -0.15) is 0 Å². The highest BCUT2D eigenvalue weighted by Crippen LogP contribution is 2.27. The largest absolute Gasteiger partial charge is 0.352 e. The van der Waals surface area contributed by atoms with E-state index in [1.807, 2.05) is 18.2 Å². The lowest BCUT2D eigenvalue weighted by atomic mass is 10.1. The smallest absolute Gasteiger partial charge is 0.246 e. The van der Waals surface area contributed by atoms with Crippen molar-refractivity contribution in [2.75, 3.05) is 18.0 Å². The van der Waals surface area contributed by atoms with E-state index in [4.69, 9.17) is 0 Å². The SMILES string of the molecule is CC(C)NCc1ccc(N2CC(=O)NC(=O)C2)c(Br)c1. The standard InChI is InChI=1S/C14H18BrN3O2/c1-9(2)16-6-10-3-4-12(11(15)5-10)18-7-13(19)17-14(20)8-18/h3-5,9,16H,6-8H2,1-2H3,(H,17,19,20). The first-order valence-corrected chi connectivity index (χ1v) is 7.34. The first-order valence-electron chi connectivity index (χ1n) is 6.55. The van der Waals surface area contributed by atoms with E-state index in [9.17, 15) is 9.59 Å². The number of carbonyl (C=O) groups excluding carboxylic acids is 2. The molecule has 2 amide bonds. The van der Waals surface area contributed by atoms with E-state index in [0.29, 0.717) is 6.04 Å². The summed E-state index contributed by atoms with van der Waals surface area (Å²) in [5.74, 6) is -0.530. The summed E-state index contributed by atoms with van der Waals surface area (Å²) in [6.45, 7) is 5.39. The predicted molar refractivity (Wildman–Crippen MR) is 81.5 cm³/mol. The van der Waals surface area contributed by atoms with Gasteiger partial charge in [-0.05, 0) is 33.6 Å². The molecule has 1 fully saturated rings. The summed E-state index contributed by atoms with van der Waals surface area (Å²) in [7, 11) is 0. The minimum atomic E-state index is -0.265. The molecule has 1 aromatic carbocycles. The van der Waals surface area contributed by atoms with Gasteiger partial charge in [0, 0.05) is 17.1 Å². The highest BCUT2D eigenvalue weighted by atomic mass is 79.9. The van der Waals surface area contributed by atoms with Crippen molar-refractivity contribution in [3.05, 3.63) is 28.2 Å². The molecule has 1 aliphatic rings. The molecule has 20 heavy (non-hydrogen) atoms. The van der Waals surface area contributed by atoms with Crippen molar-refractivity contribution in [3.8, 4) is 0 Å². The van der Waals surface area contributed by atoms with Crippen LogP contribution in [0.4, 0.5) is 5.69 Å². The summed E-state index contributed by atoms with van der Waals surface area (Å²) in [4.78, 5) is 24.6. The van der Waals surface area contributed by atoms with Crippen molar-refractivity contribution in [2.45, 2.75) is 26.4 Å². The second kappa shape index (κ2) is 6.37. The lowest BCUT2D eigenvalue weighted by Crippen LogP contribution is -2.51. The van der Waals surface area contributed by atoms with Gasteiger partial charge >= 0.3 is 0 Å². The predicted octanol–water partition coefficient (Wildman–Crippen LogP) is 1.41. The molecule has 2 N–H and O–H groups in total. The molecule has 108 valence electrons. The van der Waals surface area contributed by atoms with Gasteiger partial charge in [0.1, 0.15) is 0 Å². The zero-order valence-corrected chi connectivity index (χ0v) is 13.2. The Hall–Kier alpha value is -1.40. The molecule has 0 atom stereocenters. The molecule has 1 heterocycles. The molecule has 1 saturated heterocycles. The number of nitrogens with one attached hydrogen (secondary N) is 2. The van der Waals surface area contributed by atoms with Crippen LogP contribution in [0.25, 0.3) is 0 Å². The summed E-state index contributed by atoms with van der Waals surface area (Å²) in [6.07, 6.45) is 0. The van der Waals surface area contributed by atoms with Crippen LogP contribution in [0.2, 0.25) is 0 Å². The van der Waals surface area contributed by atoms with Crippen LogP contribution in [0.15, 0.2) is 22.7 Å². The molecular formula is C14H18BrN3O2. The maximum Gasteiger partial charge on any atom is 0.246 e. The van der Waals surface area contributed by atoms with E-state index in [0.717, 1.165) is 22.3 Å². The second-order valence-electron chi connectivity index (χ2n) is 5.15. The minimum Gasteiger partial charge on any atom is -0.352 e. The molecular weight excluding hydrogens is 322 g/mol. The maximum atomic E-state index is 11.4. The summed E-state index contributed by atoms with van der Waals surface area (Å²) in [5.41, 5.74) is 2.02. The quantitative estimate of drug-likeness (QED) is 0.814. The van der Waals surface area contributed by atoms with Gasteiger partial charge < -0.3 is 10.2 Å². The van der Waals surface area contributed by atoms with E-state index in [1.165, 1.54) is 0 Å². The third-order valence-electron chi connectivity index (χ3n) is 3.01. The molecule has 1 aromatic rings. The zero-order valence-electron chi connectivity index (χ0n) is 11.6. The van der Waals surface area contributed by atoms with Gasteiger partial charge in [-0.1, -0.05) is 19.9 Å². The first-order chi connectivity index (χ1) is 9.45. The Balaban J connectivity index is 2.12. The fraction of sp³-hybridized carbons (Fsp3) is 0.429. The van der Waals surface area contributed by atoms with Gasteiger partial charge in [0.25, 0.3) is 0 Å². The lowest BCUT2D eigenvalue weighted by Gasteiger charge is -2.28. The summed E-state index contributed by atoms with van der Waals surface area (Å²) in [5, 5.41) is 5.65. The third-order valence-corrected chi connectivity index (χ3v) is 3.65. The summed E-state index contributed by atoms with van der Waals surface area (Å²) in [6, 6.07) is 6.39. The average Bonchev–Trinajstić information content (AvgIpc) is 2.35. The Labute approximate surface area is 126 Å². The summed E-state index contributed by atoms with van der Waals surface area (Å²) >= 11 is 3.52. The van der Waals surface area contributed by atoms with E-state index < -0.39 is 0 Å². The van der Waals surface area contributed by atoms with E-state index in [1.54, 1.807) is 4.90 Å². The van der Waals surface area contributed by atoms with Crippen LogP contribution in [0.3, 0.4) is 0 Å². The van der Waals surface area contributed by atoms with Crippen molar-refractivity contribution in [1.29, 1.82) is 0 Å². The number of imide groups is 1. The summed E-state index contributed by atoms with van der Waals surface area (Å²) < 4.78 is 0.892. The Bertz CT molecular complexity index is 515. The maximum absolute atomic E-state index is 11.4. The third kappa shape index (κ3) is 3.80. The number of rotatable bonds is 4. The highest BCUT2D eigenvalue weighted by Gasteiger charge is 2.23. The number of hydrogen-bond donors (Lipinski definition) is 2. The number of amides is 2. The van der Waals surface area contributed by atoms with Gasteiger partial charge in [-0.25, -0.2) is 0 Å².